The van der Waals surface area contributed by atoms with Crippen molar-refractivity contribution in [1.29, 1.82) is 0 Å². The summed E-state index contributed by atoms with van der Waals surface area (Å²) in [4.78, 5) is 22.9. The van der Waals surface area contributed by atoms with Crippen LogP contribution in [0.4, 0.5) is 13.2 Å². The van der Waals surface area contributed by atoms with Gasteiger partial charge in [-0.05, 0) is 25.1 Å². The molecule has 0 unspecified atom stereocenters. The van der Waals surface area contributed by atoms with Gasteiger partial charge in [0.15, 0.2) is 18.1 Å². The monoisotopic (exact) mass is 335 g/mol. The van der Waals surface area contributed by atoms with E-state index in [-0.39, 0.29) is 5.56 Å². The van der Waals surface area contributed by atoms with Crippen molar-refractivity contribution in [1.82, 2.24) is 5.32 Å². The Bertz CT molecular complexity index is 560. The number of amides is 1. The van der Waals surface area contributed by atoms with Crippen LogP contribution in [0.2, 0.25) is 0 Å². The van der Waals surface area contributed by atoms with E-state index in [4.69, 9.17) is 9.47 Å². The molecule has 0 fully saturated rings. The van der Waals surface area contributed by atoms with Crippen molar-refractivity contribution >= 4 is 11.9 Å². The van der Waals surface area contributed by atoms with Gasteiger partial charge in [-0.25, -0.2) is 4.79 Å². The fourth-order valence-electron chi connectivity index (χ4n) is 1.53. The van der Waals surface area contributed by atoms with Crippen molar-refractivity contribution in [3.05, 3.63) is 23.8 Å². The molecule has 0 aliphatic rings. The van der Waals surface area contributed by atoms with Gasteiger partial charge in [0, 0.05) is 0 Å². The van der Waals surface area contributed by atoms with E-state index in [1.54, 1.807) is 12.2 Å². The zero-order chi connectivity index (χ0) is 17.5. The molecule has 1 rings (SSSR count). The van der Waals surface area contributed by atoms with E-state index in [0.29, 0.717) is 18.1 Å². The molecule has 0 atom stereocenters. The maximum atomic E-state index is 11.9. The van der Waals surface area contributed by atoms with E-state index in [1.807, 2.05) is 0 Å². The number of carbonyl (C=O) groups excluding carboxylic acids is 2. The number of alkyl halides is 3. The summed E-state index contributed by atoms with van der Waals surface area (Å²) in [7, 11) is 1.39. The van der Waals surface area contributed by atoms with E-state index in [2.05, 4.69) is 4.74 Å². The molecule has 6 nitrogen and oxygen atoms in total. The standard InChI is InChI=1S/C14H16F3NO5/c1-3-22-10-5-4-9(6-11(10)21-2)13(20)23-7-12(19)18-8-14(15,16)17/h4-6H,3,7-8H2,1-2H3,(H,18,19). The van der Waals surface area contributed by atoms with Crippen LogP contribution in [0.15, 0.2) is 18.2 Å². The van der Waals surface area contributed by atoms with Crippen LogP contribution in [-0.2, 0) is 9.53 Å². The van der Waals surface area contributed by atoms with Gasteiger partial charge in [-0.15, -0.1) is 0 Å². The predicted octanol–water partition coefficient (Wildman–Crippen LogP) is 1.93. The van der Waals surface area contributed by atoms with Crippen molar-refractivity contribution in [2.24, 2.45) is 0 Å². The maximum absolute atomic E-state index is 11.9. The third kappa shape index (κ3) is 6.45. The highest BCUT2D eigenvalue weighted by atomic mass is 19.4. The Hall–Kier alpha value is -2.45. The average Bonchev–Trinajstić information content (AvgIpc) is 2.50. The fraction of sp³-hybridized carbons (Fsp3) is 0.429. The largest absolute Gasteiger partial charge is 0.493 e. The Kier molecular flexibility index (Phi) is 6.67. The molecule has 0 aromatic heterocycles. The molecular formula is C14H16F3NO5. The molecule has 1 N–H and O–H groups in total. The summed E-state index contributed by atoms with van der Waals surface area (Å²) in [6.07, 6.45) is -4.53. The summed E-state index contributed by atoms with van der Waals surface area (Å²) < 4.78 is 50.7. The van der Waals surface area contributed by atoms with E-state index >= 15 is 0 Å². The van der Waals surface area contributed by atoms with Crippen LogP contribution >= 0.6 is 0 Å². The molecule has 0 spiro atoms. The summed E-state index contributed by atoms with van der Waals surface area (Å²) in [5.74, 6) is -1.20. The van der Waals surface area contributed by atoms with Crippen molar-refractivity contribution < 1.29 is 37.0 Å². The molecule has 128 valence electrons. The van der Waals surface area contributed by atoms with Crippen molar-refractivity contribution in [3.63, 3.8) is 0 Å². The maximum Gasteiger partial charge on any atom is 0.405 e. The zero-order valence-electron chi connectivity index (χ0n) is 12.5. The van der Waals surface area contributed by atoms with Gasteiger partial charge < -0.3 is 19.5 Å². The second kappa shape index (κ2) is 8.25. The highest BCUT2D eigenvalue weighted by Crippen LogP contribution is 2.28. The number of rotatable bonds is 7. The van der Waals surface area contributed by atoms with Crippen LogP contribution < -0.4 is 14.8 Å². The summed E-state index contributed by atoms with van der Waals surface area (Å²) in [6, 6.07) is 4.23. The van der Waals surface area contributed by atoms with Gasteiger partial charge in [0.05, 0.1) is 19.3 Å². The molecule has 0 saturated carbocycles. The van der Waals surface area contributed by atoms with E-state index in [0.717, 1.165) is 0 Å². The lowest BCUT2D eigenvalue weighted by Gasteiger charge is -2.11. The van der Waals surface area contributed by atoms with Crippen LogP contribution in [0.25, 0.3) is 0 Å². The summed E-state index contributed by atoms with van der Waals surface area (Å²) in [6.45, 7) is -0.120. The van der Waals surface area contributed by atoms with Crippen molar-refractivity contribution in [2.45, 2.75) is 13.1 Å². The van der Waals surface area contributed by atoms with Gasteiger partial charge in [0.25, 0.3) is 5.91 Å². The molecule has 0 saturated heterocycles. The Morgan fingerprint density at radius 3 is 2.48 bits per heavy atom. The van der Waals surface area contributed by atoms with Gasteiger partial charge in [-0.3, -0.25) is 4.79 Å². The van der Waals surface area contributed by atoms with Crippen LogP contribution in [0, 0.1) is 0 Å². The quantitative estimate of drug-likeness (QED) is 0.771. The second-order valence-corrected chi connectivity index (χ2v) is 4.27. The van der Waals surface area contributed by atoms with Crippen LogP contribution in [-0.4, -0.2) is 44.9 Å². The first-order valence-corrected chi connectivity index (χ1v) is 6.58. The smallest absolute Gasteiger partial charge is 0.405 e. The minimum absolute atomic E-state index is 0.0777. The lowest BCUT2D eigenvalue weighted by molar-refractivity contribution is -0.140. The third-order valence-electron chi connectivity index (χ3n) is 2.52. The first-order valence-electron chi connectivity index (χ1n) is 6.58. The fourth-order valence-corrected chi connectivity index (χ4v) is 1.53. The number of hydrogen-bond donors (Lipinski definition) is 1. The number of esters is 1. The number of nitrogens with one attached hydrogen (secondary N) is 1. The van der Waals surface area contributed by atoms with Gasteiger partial charge >= 0.3 is 12.1 Å². The Morgan fingerprint density at radius 1 is 1.22 bits per heavy atom. The molecule has 0 aliphatic heterocycles. The van der Waals surface area contributed by atoms with Gasteiger partial charge in [-0.1, -0.05) is 0 Å². The third-order valence-corrected chi connectivity index (χ3v) is 2.52. The van der Waals surface area contributed by atoms with Gasteiger partial charge in [0.2, 0.25) is 0 Å². The summed E-state index contributed by atoms with van der Waals surface area (Å²) >= 11 is 0. The highest BCUT2D eigenvalue weighted by molar-refractivity contribution is 5.92. The summed E-state index contributed by atoms with van der Waals surface area (Å²) in [5, 5.41) is 1.59. The van der Waals surface area contributed by atoms with Gasteiger partial charge in [-0.2, -0.15) is 13.2 Å². The van der Waals surface area contributed by atoms with Crippen molar-refractivity contribution in [3.8, 4) is 11.5 Å². The topological polar surface area (TPSA) is 73.9 Å². The Balaban J connectivity index is 2.59. The molecule has 0 aliphatic carbocycles. The summed E-state index contributed by atoms with van der Waals surface area (Å²) in [5.41, 5.74) is 0.0777. The highest BCUT2D eigenvalue weighted by Gasteiger charge is 2.27. The molecule has 9 heteroatoms. The molecule has 0 radical (unpaired) electrons. The normalized spacial score (nSPS) is 10.8. The van der Waals surface area contributed by atoms with E-state index < -0.39 is 31.2 Å². The second-order valence-electron chi connectivity index (χ2n) is 4.27. The SMILES string of the molecule is CCOc1ccc(C(=O)OCC(=O)NCC(F)(F)F)cc1OC. The zero-order valence-corrected chi connectivity index (χ0v) is 12.5. The molecular weight excluding hydrogens is 319 g/mol. The first-order chi connectivity index (χ1) is 10.8. The van der Waals surface area contributed by atoms with Crippen LogP contribution in [0.5, 0.6) is 11.5 Å². The predicted molar refractivity (Wildman–Crippen MR) is 73.5 cm³/mol. The Morgan fingerprint density at radius 2 is 1.91 bits per heavy atom. The van der Waals surface area contributed by atoms with Gasteiger partial charge in [0.1, 0.15) is 6.54 Å². The number of hydrogen-bond acceptors (Lipinski definition) is 5. The molecule has 1 amide bonds. The molecule has 0 heterocycles. The number of carbonyl (C=O) groups is 2. The number of halogens is 3. The lowest BCUT2D eigenvalue weighted by atomic mass is 10.2. The van der Waals surface area contributed by atoms with Crippen LogP contribution in [0.3, 0.4) is 0 Å². The minimum atomic E-state index is -4.53. The first kappa shape index (κ1) is 18.6. The van der Waals surface area contributed by atoms with Crippen LogP contribution in [0.1, 0.15) is 17.3 Å². The average molecular weight is 335 g/mol. The lowest BCUT2D eigenvalue weighted by Crippen LogP contribution is -2.36. The molecule has 0 bridgehead atoms. The van der Waals surface area contributed by atoms with Crippen molar-refractivity contribution in [2.75, 3.05) is 26.9 Å². The minimum Gasteiger partial charge on any atom is -0.493 e. The molecule has 1 aromatic carbocycles. The number of methoxy groups -OCH3 is 1. The number of benzene rings is 1. The molecule has 1 aromatic rings. The number of ether oxygens (including phenoxy) is 3. The van der Waals surface area contributed by atoms with E-state index in [9.17, 15) is 22.8 Å². The van der Waals surface area contributed by atoms with E-state index in [1.165, 1.54) is 25.3 Å². The Labute approximate surface area is 130 Å². The molecule has 23 heavy (non-hydrogen) atoms.